The maximum Gasteiger partial charge on any atom is 0.133 e. The molecule has 0 saturated carbocycles. The minimum absolute atomic E-state index is 0.212. The van der Waals surface area contributed by atoms with Crippen molar-refractivity contribution >= 4 is 12.4 Å². The summed E-state index contributed by atoms with van der Waals surface area (Å²) in [5, 5.41) is 10.5. The Morgan fingerprint density at radius 3 is 1.58 bits per heavy atom. The third kappa shape index (κ3) is 4.90. The summed E-state index contributed by atoms with van der Waals surface area (Å²) in [7, 11) is 0. The molecule has 3 aromatic rings. The summed E-state index contributed by atoms with van der Waals surface area (Å²) in [4.78, 5) is 8.91. The summed E-state index contributed by atoms with van der Waals surface area (Å²) >= 11 is 0. The Hall–Kier alpha value is -3.20. The molecule has 0 fully saturated rings. The minimum Gasteiger partial charge on any atom is -0.507 e. The normalized spacial score (nSPS) is 11.4. The van der Waals surface area contributed by atoms with Crippen molar-refractivity contribution in [3.8, 4) is 5.75 Å². The van der Waals surface area contributed by atoms with Crippen LogP contribution in [-0.4, -0.2) is 17.5 Å². The maximum absolute atomic E-state index is 10.5. The highest BCUT2D eigenvalue weighted by Crippen LogP contribution is 2.22. The predicted molar refractivity (Wildman–Crippen MR) is 108 cm³/mol. The highest BCUT2D eigenvalue weighted by atomic mass is 16.3. The van der Waals surface area contributed by atoms with Gasteiger partial charge in [0.25, 0.3) is 0 Å². The van der Waals surface area contributed by atoms with Gasteiger partial charge in [-0.15, -0.1) is 0 Å². The van der Waals surface area contributed by atoms with Gasteiger partial charge in [-0.3, -0.25) is 9.98 Å². The van der Waals surface area contributed by atoms with Gasteiger partial charge in [0.15, 0.2) is 0 Å². The minimum atomic E-state index is 0.212. The standard InChI is InChI=1S/C23H22N2O/c1-18-12-21(16-24-14-19-8-4-2-5-9-19)23(26)22(13-18)17-25-15-20-10-6-3-7-11-20/h2-13,16-17,26H,14-15H2,1H3. The summed E-state index contributed by atoms with van der Waals surface area (Å²) in [6.45, 7) is 3.18. The van der Waals surface area contributed by atoms with Gasteiger partial charge in [-0.2, -0.15) is 0 Å². The highest BCUT2D eigenvalue weighted by molar-refractivity contribution is 5.92. The van der Waals surface area contributed by atoms with Crippen LogP contribution >= 0.6 is 0 Å². The van der Waals surface area contributed by atoms with Gasteiger partial charge < -0.3 is 5.11 Å². The number of aromatic hydroxyl groups is 1. The Bertz CT molecular complexity index is 828. The molecule has 26 heavy (non-hydrogen) atoms. The topological polar surface area (TPSA) is 45.0 Å². The molecule has 0 saturated heterocycles. The summed E-state index contributed by atoms with van der Waals surface area (Å²) in [5.74, 6) is 0.212. The molecule has 3 heteroatoms. The number of nitrogens with zero attached hydrogens (tertiary/aromatic N) is 2. The first-order valence-corrected chi connectivity index (χ1v) is 8.63. The van der Waals surface area contributed by atoms with E-state index in [0.29, 0.717) is 24.2 Å². The second kappa shape index (κ2) is 8.77. The lowest BCUT2D eigenvalue weighted by Crippen LogP contribution is -1.93. The van der Waals surface area contributed by atoms with E-state index in [1.54, 1.807) is 12.4 Å². The molecule has 3 nitrogen and oxygen atoms in total. The highest BCUT2D eigenvalue weighted by Gasteiger charge is 2.05. The molecule has 0 aromatic heterocycles. The van der Waals surface area contributed by atoms with Crippen LogP contribution in [0.4, 0.5) is 0 Å². The van der Waals surface area contributed by atoms with Crippen molar-refractivity contribution in [3.05, 3.63) is 101 Å². The molecule has 0 heterocycles. The van der Waals surface area contributed by atoms with Crippen LogP contribution in [0, 0.1) is 6.92 Å². The molecule has 3 rings (SSSR count). The molecule has 0 aliphatic heterocycles. The number of aliphatic imine (C=N–C) groups is 2. The van der Waals surface area contributed by atoms with Crippen LogP contribution < -0.4 is 0 Å². The smallest absolute Gasteiger partial charge is 0.133 e. The van der Waals surface area contributed by atoms with Gasteiger partial charge in [-0.25, -0.2) is 0 Å². The zero-order valence-corrected chi connectivity index (χ0v) is 14.8. The Morgan fingerprint density at radius 2 is 1.15 bits per heavy atom. The fourth-order valence-electron chi connectivity index (χ4n) is 2.70. The average Bonchev–Trinajstić information content (AvgIpc) is 2.67. The van der Waals surface area contributed by atoms with Gasteiger partial charge in [0, 0.05) is 23.6 Å². The quantitative estimate of drug-likeness (QED) is 0.634. The van der Waals surface area contributed by atoms with Gasteiger partial charge in [-0.05, 0) is 35.7 Å². The van der Waals surface area contributed by atoms with Crippen LogP contribution in [0.1, 0.15) is 27.8 Å². The second-order valence-corrected chi connectivity index (χ2v) is 6.20. The van der Waals surface area contributed by atoms with E-state index in [9.17, 15) is 5.11 Å². The Labute approximate surface area is 154 Å². The molecule has 0 bridgehead atoms. The van der Waals surface area contributed by atoms with Gasteiger partial charge in [0.2, 0.25) is 0 Å². The Morgan fingerprint density at radius 1 is 0.731 bits per heavy atom. The number of hydrogen-bond acceptors (Lipinski definition) is 3. The van der Waals surface area contributed by atoms with Crippen molar-refractivity contribution in [2.75, 3.05) is 0 Å². The van der Waals surface area contributed by atoms with E-state index in [0.717, 1.165) is 16.7 Å². The molecule has 0 aliphatic carbocycles. The lowest BCUT2D eigenvalue weighted by Gasteiger charge is -2.06. The first-order chi connectivity index (χ1) is 12.7. The number of phenolic OH excluding ortho intramolecular Hbond substituents is 1. The van der Waals surface area contributed by atoms with Gasteiger partial charge in [0.1, 0.15) is 5.75 Å². The van der Waals surface area contributed by atoms with E-state index in [1.165, 1.54) is 0 Å². The molecule has 0 spiro atoms. The molecule has 0 radical (unpaired) electrons. The molecular weight excluding hydrogens is 320 g/mol. The number of aryl methyl sites for hydroxylation is 1. The number of rotatable bonds is 6. The van der Waals surface area contributed by atoms with Crippen LogP contribution in [0.15, 0.2) is 82.8 Å². The molecule has 0 unspecified atom stereocenters. The SMILES string of the molecule is Cc1cc(C=NCc2ccccc2)c(O)c(C=NCc2ccccc2)c1. The van der Waals surface area contributed by atoms with Crippen molar-refractivity contribution in [3.63, 3.8) is 0 Å². The van der Waals surface area contributed by atoms with Crippen LogP contribution in [-0.2, 0) is 13.1 Å². The van der Waals surface area contributed by atoms with Crippen molar-refractivity contribution in [1.82, 2.24) is 0 Å². The molecule has 3 aromatic carbocycles. The van der Waals surface area contributed by atoms with E-state index < -0.39 is 0 Å². The summed E-state index contributed by atoms with van der Waals surface area (Å²) in [5.41, 5.74) is 4.76. The third-order valence-corrected chi connectivity index (χ3v) is 4.01. The fraction of sp³-hybridized carbons (Fsp3) is 0.130. The zero-order valence-electron chi connectivity index (χ0n) is 14.8. The lowest BCUT2D eigenvalue weighted by atomic mass is 10.1. The van der Waals surface area contributed by atoms with Gasteiger partial charge in [0.05, 0.1) is 13.1 Å². The summed E-state index contributed by atoms with van der Waals surface area (Å²) in [6.07, 6.45) is 3.45. The van der Waals surface area contributed by atoms with Gasteiger partial charge in [-0.1, -0.05) is 60.7 Å². The number of hydrogen-bond donors (Lipinski definition) is 1. The van der Waals surface area contributed by atoms with Gasteiger partial charge >= 0.3 is 0 Å². The zero-order chi connectivity index (χ0) is 18.2. The van der Waals surface area contributed by atoms with Crippen molar-refractivity contribution in [2.45, 2.75) is 20.0 Å². The molecule has 1 N–H and O–H groups in total. The van der Waals surface area contributed by atoms with E-state index >= 15 is 0 Å². The third-order valence-electron chi connectivity index (χ3n) is 4.01. The first-order valence-electron chi connectivity index (χ1n) is 8.63. The first kappa shape index (κ1) is 17.6. The average molecular weight is 342 g/mol. The van der Waals surface area contributed by atoms with E-state index in [2.05, 4.69) is 9.98 Å². The summed E-state index contributed by atoms with van der Waals surface area (Å²) in [6, 6.07) is 24.0. The molecule has 0 amide bonds. The van der Waals surface area contributed by atoms with E-state index in [1.807, 2.05) is 79.7 Å². The predicted octanol–water partition coefficient (Wildman–Crippen LogP) is 4.94. The number of phenols is 1. The Balaban J connectivity index is 1.73. The maximum atomic E-state index is 10.5. The Kier molecular flexibility index (Phi) is 5.94. The lowest BCUT2D eigenvalue weighted by molar-refractivity contribution is 0.473. The second-order valence-electron chi connectivity index (χ2n) is 6.20. The van der Waals surface area contributed by atoms with Crippen molar-refractivity contribution in [1.29, 1.82) is 0 Å². The number of benzene rings is 3. The van der Waals surface area contributed by atoms with Crippen LogP contribution in [0.5, 0.6) is 5.75 Å². The van der Waals surface area contributed by atoms with E-state index in [-0.39, 0.29) is 5.75 Å². The molecule has 0 atom stereocenters. The monoisotopic (exact) mass is 342 g/mol. The van der Waals surface area contributed by atoms with Crippen molar-refractivity contribution in [2.24, 2.45) is 9.98 Å². The van der Waals surface area contributed by atoms with E-state index in [4.69, 9.17) is 0 Å². The van der Waals surface area contributed by atoms with Crippen molar-refractivity contribution < 1.29 is 5.11 Å². The molecule has 130 valence electrons. The largest absolute Gasteiger partial charge is 0.507 e. The van der Waals surface area contributed by atoms with Crippen LogP contribution in [0.2, 0.25) is 0 Å². The fourth-order valence-corrected chi connectivity index (χ4v) is 2.70. The van der Waals surface area contributed by atoms with Crippen LogP contribution in [0.25, 0.3) is 0 Å². The van der Waals surface area contributed by atoms with Crippen LogP contribution in [0.3, 0.4) is 0 Å². The molecular formula is C23H22N2O. The summed E-state index contributed by atoms with van der Waals surface area (Å²) < 4.78 is 0. The molecule has 0 aliphatic rings.